The number of furan rings is 1. The number of nitrogens with one attached hydrogen (secondary N) is 1. The van der Waals surface area contributed by atoms with Crippen LogP contribution in [0.4, 0.5) is 0 Å². The third-order valence-electron chi connectivity index (χ3n) is 4.87. The van der Waals surface area contributed by atoms with Crippen molar-refractivity contribution in [2.75, 3.05) is 13.2 Å². The molecule has 2 aromatic rings. The van der Waals surface area contributed by atoms with Gasteiger partial charge in [-0.05, 0) is 37.2 Å². The number of hydrogen-bond donors (Lipinski definition) is 1. The number of ether oxygens (including phenoxy) is 2. The molecule has 1 unspecified atom stereocenters. The van der Waals surface area contributed by atoms with Crippen LogP contribution in [-0.2, 0) is 16.1 Å². The number of amides is 1. The first-order chi connectivity index (χ1) is 15.3. The molecule has 2 fully saturated rings. The van der Waals surface area contributed by atoms with Crippen LogP contribution in [0.2, 0.25) is 25.1 Å². The van der Waals surface area contributed by atoms with Gasteiger partial charge in [0.1, 0.15) is 33.9 Å². The Morgan fingerprint density at radius 3 is 2.47 bits per heavy atom. The molecular formula is C20H15Cl5N2O4S. The van der Waals surface area contributed by atoms with E-state index in [1.807, 2.05) is 0 Å². The van der Waals surface area contributed by atoms with Crippen LogP contribution in [0.25, 0.3) is 6.08 Å². The Labute approximate surface area is 214 Å². The highest BCUT2D eigenvalue weighted by molar-refractivity contribution is 7.80. The molecule has 170 valence electrons. The topological polar surface area (TPSA) is 63.9 Å². The van der Waals surface area contributed by atoms with Crippen molar-refractivity contribution < 1.29 is 18.7 Å². The van der Waals surface area contributed by atoms with E-state index in [2.05, 4.69) is 5.32 Å². The molecule has 3 heterocycles. The number of carbonyl (C=O) groups is 1. The molecule has 1 N–H and O–H groups in total. The fraction of sp³-hybridized carbons (Fsp3) is 0.300. The van der Waals surface area contributed by atoms with Crippen LogP contribution in [0.1, 0.15) is 24.4 Å². The third-order valence-corrected chi connectivity index (χ3v) is 7.43. The summed E-state index contributed by atoms with van der Waals surface area (Å²) in [4.78, 5) is 14.2. The van der Waals surface area contributed by atoms with Gasteiger partial charge in [0, 0.05) is 12.7 Å². The lowest BCUT2D eigenvalue weighted by molar-refractivity contribution is -0.123. The van der Waals surface area contributed by atoms with E-state index in [-0.39, 0.29) is 49.5 Å². The van der Waals surface area contributed by atoms with Crippen molar-refractivity contribution >= 4 is 87.3 Å². The number of nitrogens with zero attached hydrogens (tertiary/aromatic N) is 1. The zero-order chi connectivity index (χ0) is 23.0. The molecule has 6 nitrogen and oxygen atoms in total. The minimum atomic E-state index is -0.233. The number of rotatable bonds is 6. The molecule has 2 aliphatic heterocycles. The number of hydrogen-bond acceptors (Lipinski definition) is 5. The predicted octanol–water partition coefficient (Wildman–Crippen LogP) is 6.36. The first-order valence-corrected chi connectivity index (χ1v) is 11.7. The lowest BCUT2D eigenvalue weighted by Gasteiger charge is -2.18. The van der Waals surface area contributed by atoms with E-state index < -0.39 is 0 Å². The molecule has 0 bridgehead atoms. The van der Waals surface area contributed by atoms with Gasteiger partial charge in [-0.25, -0.2) is 0 Å². The van der Waals surface area contributed by atoms with Crippen LogP contribution in [0.5, 0.6) is 5.75 Å². The smallest absolute Gasteiger partial charge is 0.276 e. The van der Waals surface area contributed by atoms with E-state index in [0.29, 0.717) is 35.5 Å². The SMILES string of the molecule is O=C1/C(=C\c2ccc(COc3c(Cl)c(Cl)c(Cl)c(Cl)c3Cl)o2)NC(=S)N1CC1CCCO1. The Morgan fingerprint density at radius 1 is 1.12 bits per heavy atom. The molecule has 2 saturated heterocycles. The molecule has 2 aliphatic rings. The zero-order valence-electron chi connectivity index (χ0n) is 16.2. The summed E-state index contributed by atoms with van der Waals surface area (Å²) in [6.07, 6.45) is 3.46. The quantitative estimate of drug-likeness (QED) is 0.193. The second-order valence-electron chi connectivity index (χ2n) is 7.03. The maximum atomic E-state index is 12.7. The fourth-order valence-electron chi connectivity index (χ4n) is 3.28. The second-order valence-corrected chi connectivity index (χ2v) is 9.31. The second kappa shape index (κ2) is 9.97. The molecule has 0 spiro atoms. The maximum Gasteiger partial charge on any atom is 0.276 e. The van der Waals surface area contributed by atoms with E-state index in [0.717, 1.165) is 12.8 Å². The molecule has 4 rings (SSSR count). The van der Waals surface area contributed by atoms with E-state index in [1.54, 1.807) is 18.2 Å². The monoisotopic (exact) mass is 554 g/mol. The third kappa shape index (κ3) is 4.85. The van der Waals surface area contributed by atoms with Gasteiger partial charge in [-0.1, -0.05) is 58.0 Å². The van der Waals surface area contributed by atoms with Crippen molar-refractivity contribution in [2.24, 2.45) is 0 Å². The van der Waals surface area contributed by atoms with Gasteiger partial charge >= 0.3 is 0 Å². The van der Waals surface area contributed by atoms with Crippen LogP contribution in [0, 0.1) is 0 Å². The minimum absolute atomic E-state index is 0.000984. The Bertz CT molecular complexity index is 1080. The summed E-state index contributed by atoms with van der Waals surface area (Å²) in [5, 5.41) is 3.47. The number of carbonyl (C=O) groups excluding carboxylic acids is 1. The molecule has 0 aliphatic carbocycles. The summed E-state index contributed by atoms with van der Waals surface area (Å²) in [7, 11) is 0. The number of benzene rings is 1. The lowest BCUT2D eigenvalue weighted by Crippen LogP contribution is -2.37. The minimum Gasteiger partial charge on any atom is -0.482 e. The van der Waals surface area contributed by atoms with Crippen LogP contribution < -0.4 is 10.1 Å². The molecule has 1 amide bonds. The molecule has 0 radical (unpaired) electrons. The van der Waals surface area contributed by atoms with E-state index >= 15 is 0 Å². The van der Waals surface area contributed by atoms with Crippen molar-refractivity contribution in [2.45, 2.75) is 25.6 Å². The normalized spacial score (nSPS) is 19.8. The summed E-state index contributed by atoms with van der Waals surface area (Å²) >= 11 is 35.7. The fourth-order valence-corrected chi connectivity index (χ4v) is 4.77. The first-order valence-electron chi connectivity index (χ1n) is 9.45. The molecule has 12 heteroatoms. The van der Waals surface area contributed by atoms with Crippen LogP contribution in [0.15, 0.2) is 22.2 Å². The Hall–Kier alpha value is -1.19. The lowest BCUT2D eigenvalue weighted by atomic mass is 10.2. The van der Waals surface area contributed by atoms with Gasteiger partial charge in [0.2, 0.25) is 0 Å². The Morgan fingerprint density at radius 2 is 1.81 bits per heavy atom. The van der Waals surface area contributed by atoms with Crippen molar-refractivity contribution in [3.63, 3.8) is 0 Å². The average Bonchev–Trinajstić information content (AvgIpc) is 3.50. The van der Waals surface area contributed by atoms with Gasteiger partial charge in [-0.15, -0.1) is 0 Å². The summed E-state index contributed by atoms with van der Waals surface area (Å²) in [5.74, 6) is 0.747. The number of halogens is 5. The van der Waals surface area contributed by atoms with Crippen molar-refractivity contribution in [3.05, 3.63) is 54.5 Å². The Kier molecular flexibility index (Phi) is 7.46. The van der Waals surface area contributed by atoms with E-state index in [1.165, 1.54) is 4.90 Å². The van der Waals surface area contributed by atoms with E-state index in [4.69, 9.17) is 84.1 Å². The summed E-state index contributed by atoms with van der Waals surface area (Å²) in [6, 6.07) is 3.38. The zero-order valence-corrected chi connectivity index (χ0v) is 20.8. The molecule has 1 aromatic heterocycles. The highest BCUT2D eigenvalue weighted by Crippen LogP contribution is 2.48. The highest BCUT2D eigenvalue weighted by atomic mass is 35.5. The predicted molar refractivity (Wildman–Crippen MR) is 129 cm³/mol. The Balaban J connectivity index is 1.44. The van der Waals surface area contributed by atoms with E-state index in [9.17, 15) is 4.79 Å². The first kappa shape index (κ1) is 24.0. The molecule has 1 atom stereocenters. The number of thiocarbonyl (C=S) groups is 1. The molecule has 1 aromatic carbocycles. The van der Waals surface area contributed by atoms with Crippen LogP contribution >= 0.6 is 70.2 Å². The molecule has 0 saturated carbocycles. The average molecular weight is 557 g/mol. The van der Waals surface area contributed by atoms with Gasteiger partial charge in [0.15, 0.2) is 10.9 Å². The van der Waals surface area contributed by atoms with Crippen molar-refractivity contribution in [1.29, 1.82) is 0 Å². The highest BCUT2D eigenvalue weighted by Gasteiger charge is 2.33. The molecular weight excluding hydrogens is 542 g/mol. The van der Waals surface area contributed by atoms with Crippen LogP contribution in [0.3, 0.4) is 0 Å². The van der Waals surface area contributed by atoms with Crippen LogP contribution in [-0.4, -0.2) is 35.2 Å². The maximum absolute atomic E-state index is 12.7. The van der Waals surface area contributed by atoms with Crippen molar-refractivity contribution in [3.8, 4) is 5.75 Å². The van der Waals surface area contributed by atoms with Gasteiger partial charge in [-0.2, -0.15) is 0 Å². The van der Waals surface area contributed by atoms with Gasteiger partial charge in [0.25, 0.3) is 5.91 Å². The van der Waals surface area contributed by atoms with Gasteiger partial charge < -0.3 is 19.2 Å². The summed E-state index contributed by atoms with van der Waals surface area (Å²) in [5.41, 5.74) is 0.317. The van der Waals surface area contributed by atoms with Gasteiger partial charge in [0.05, 0.1) is 27.7 Å². The largest absolute Gasteiger partial charge is 0.482 e. The standard InChI is InChI=1S/C20H15Cl5N2O4S/c21-13-14(22)16(24)18(17(25)15(13)23)30-8-11-4-3-9(31-11)6-12-19(28)27(20(32)26-12)7-10-2-1-5-29-10/h3-4,6,10H,1-2,5,7-8H2,(H,26,32)/b12-6+. The summed E-state index contributed by atoms with van der Waals surface area (Å²) in [6.45, 7) is 1.12. The molecule has 32 heavy (non-hydrogen) atoms. The summed E-state index contributed by atoms with van der Waals surface area (Å²) < 4.78 is 17.0. The van der Waals surface area contributed by atoms with Gasteiger partial charge in [-0.3, -0.25) is 9.69 Å². The van der Waals surface area contributed by atoms with Crippen molar-refractivity contribution in [1.82, 2.24) is 10.2 Å².